The molecule has 4 atom stereocenters. The Morgan fingerprint density at radius 3 is 2.41 bits per heavy atom. The van der Waals surface area contributed by atoms with Gasteiger partial charge in [-0.15, -0.1) is 0 Å². The average molecular weight is 930 g/mol. The minimum absolute atomic E-state index is 0.00242. The van der Waals surface area contributed by atoms with E-state index in [0.717, 1.165) is 97.1 Å². The van der Waals surface area contributed by atoms with Crippen LogP contribution in [-0.2, 0) is 29.0 Å². The van der Waals surface area contributed by atoms with Crippen LogP contribution >= 0.6 is 0 Å². The molecule has 7 aliphatic rings. The lowest BCUT2D eigenvalue weighted by molar-refractivity contribution is -0.136. The Kier molecular flexibility index (Phi) is 10.2. The molecule has 0 spiro atoms. The molecule has 5 aromatic rings. The zero-order valence-electron chi connectivity index (χ0n) is 39.3. The van der Waals surface area contributed by atoms with Crippen molar-refractivity contribution < 1.29 is 28.7 Å². The third kappa shape index (κ3) is 7.31. The third-order valence-corrected chi connectivity index (χ3v) is 15.6. The van der Waals surface area contributed by atoms with Gasteiger partial charge in [0, 0.05) is 75.9 Å². The fourth-order valence-corrected chi connectivity index (χ4v) is 12.2. The van der Waals surface area contributed by atoms with Gasteiger partial charge in [-0.1, -0.05) is 13.8 Å². The number of carbonyl (C=O) groups is 5. The Morgan fingerprint density at radius 2 is 1.61 bits per heavy atom. The van der Waals surface area contributed by atoms with Gasteiger partial charge in [0.05, 0.1) is 34.7 Å². The van der Waals surface area contributed by atoms with Gasteiger partial charge in [-0.2, -0.15) is 0 Å². The number of nitrogens with one attached hydrogen (secondary N) is 2. The molecule has 2 N–H and O–H groups in total. The number of piperidine rings is 2. The minimum Gasteiger partial charge on any atom is -0.489 e. The van der Waals surface area contributed by atoms with Crippen molar-refractivity contribution >= 4 is 58.4 Å². The van der Waals surface area contributed by atoms with Crippen molar-refractivity contribution in [2.45, 2.75) is 96.9 Å². The van der Waals surface area contributed by atoms with E-state index in [2.05, 4.69) is 67.8 Å². The van der Waals surface area contributed by atoms with E-state index < -0.39 is 29.7 Å². The maximum atomic E-state index is 13.9. The predicted octanol–water partition coefficient (Wildman–Crippen LogP) is 5.52. The number of rotatable bonds is 7. The van der Waals surface area contributed by atoms with Gasteiger partial charge in [0.1, 0.15) is 41.5 Å². The van der Waals surface area contributed by atoms with E-state index in [1.165, 1.54) is 11.3 Å². The number of carbonyl (C=O) groups excluding carboxylic acids is 5. The van der Waals surface area contributed by atoms with E-state index in [4.69, 9.17) is 14.7 Å². The van der Waals surface area contributed by atoms with Crippen LogP contribution in [0, 0.1) is 12.3 Å². The van der Waals surface area contributed by atoms with E-state index in [-0.39, 0.29) is 47.4 Å². The number of benzene rings is 1. The predicted molar refractivity (Wildman–Crippen MR) is 258 cm³/mol. The van der Waals surface area contributed by atoms with Crippen molar-refractivity contribution in [2.24, 2.45) is 5.41 Å². The topological polar surface area (TPSA) is 178 Å². The molecule has 69 heavy (non-hydrogen) atoms. The smallest absolute Gasteiger partial charge is 0.276 e. The minimum atomic E-state index is -1.01. The molecule has 17 heteroatoms. The number of ether oxygens (including phenoxy) is 1. The number of hydrogen-bond acceptors (Lipinski definition) is 13. The number of aromatic nitrogens is 4. The molecule has 1 aromatic carbocycles. The third-order valence-electron chi connectivity index (χ3n) is 15.6. The first kappa shape index (κ1) is 43.2. The van der Waals surface area contributed by atoms with E-state index >= 15 is 0 Å². The fraction of sp³-hybridized carbons (Fsp3) is 0.423. The molecule has 0 saturated carbocycles. The molecular formula is C52H55N11O6. The Hall–Kier alpha value is -7.14. The van der Waals surface area contributed by atoms with Crippen LogP contribution < -0.4 is 30.1 Å². The summed E-state index contributed by atoms with van der Waals surface area (Å²) in [5, 5.41) is 5.67. The van der Waals surface area contributed by atoms with Crippen LogP contribution in [0.2, 0.25) is 0 Å². The standard InChI is InChI=1S/C52H55N11O6/c1-29-27-58(33-11-14-60-35(21-33)28-69-43-23-38-37(22-40(43)60)49(66)63(50(38)67)39-6-8-46(64)57-48(39)65)15-16-59(29)34-5-7-44(55-26-34)56-45-20-31(9-12-53-45)36-10-13-54-47(30(36)2)62-18-17-61-41(51(62)68)19-32-24-52(3,4)25-42(32)61/h5,7,9-10,12-13,19-20,22-23,26,29,33,35,39H,6,8,11,14-18,21,24-25,27-28H2,1-4H3,(H,53,55,56)(H,57,64,65)/t29-,33?,35?,39?/m0/s1. The summed E-state index contributed by atoms with van der Waals surface area (Å²) < 4.78 is 8.50. The van der Waals surface area contributed by atoms with Crippen molar-refractivity contribution in [3.63, 3.8) is 0 Å². The Bertz CT molecular complexity index is 3000. The summed E-state index contributed by atoms with van der Waals surface area (Å²) in [6.45, 7) is 14.2. The first-order valence-corrected chi connectivity index (χ1v) is 24.3. The van der Waals surface area contributed by atoms with E-state index in [0.29, 0.717) is 42.4 Å². The number of amides is 5. The molecule has 4 aromatic heterocycles. The van der Waals surface area contributed by atoms with Gasteiger partial charge < -0.3 is 24.4 Å². The van der Waals surface area contributed by atoms with Gasteiger partial charge in [-0.05, 0) is 122 Å². The van der Waals surface area contributed by atoms with Crippen LogP contribution in [-0.4, -0.2) is 122 Å². The van der Waals surface area contributed by atoms with Crippen molar-refractivity contribution in [2.75, 3.05) is 59.3 Å². The SMILES string of the molecule is Cc1c(-c2ccnc(Nc3ccc(N4CCN(C5CCN6c7cc8c(cc7OCC6C5)C(=O)N(C5CCC(=O)NC5=O)C8=O)C[C@@H]4C)cn3)c2)ccnc1N1CCn2c(cc3c2CC(C)(C)C3)C1=O. The molecule has 6 aliphatic heterocycles. The molecule has 5 amide bonds. The maximum absolute atomic E-state index is 13.9. The van der Waals surface area contributed by atoms with Crippen molar-refractivity contribution in [3.8, 4) is 16.9 Å². The maximum Gasteiger partial charge on any atom is 0.276 e. The lowest BCUT2D eigenvalue weighted by Crippen LogP contribution is -2.59. The highest BCUT2D eigenvalue weighted by atomic mass is 16.5. The number of hydrogen-bond donors (Lipinski definition) is 2. The second-order valence-electron chi connectivity index (χ2n) is 20.6. The van der Waals surface area contributed by atoms with E-state index in [1.807, 2.05) is 42.3 Å². The molecule has 0 bridgehead atoms. The number of imide groups is 2. The number of fused-ring (bicyclic) bond motifs is 7. The monoisotopic (exact) mass is 929 g/mol. The van der Waals surface area contributed by atoms with Crippen LogP contribution in [0.5, 0.6) is 5.75 Å². The molecule has 3 saturated heterocycles. The van der Waals surface area contributed by atoms with Gasteiger partial charge in [0.15, 0.2) is 0 Å². The zero-order valence-corrected chi connectivity index (χ0v) is 39.3. The summed E-state index contributed by atoms with van der Waals surface area (Å²) in [6, 6.07) is 15.3. The molecule has 3 unspecified atom stereocenters. The van der Waals surface area contributed by atoms with Crippen molar-refractivity contribution in [1.29, 1.82) is 0 Å². The lowest BCUT2D eigenvalue weighted by Gasteiger charge is -2.50. The molecule has 1 aliphatic carbocycles. The summed E-state index contributed by atoms with van der Waals surface area (Å²) in [5.41, 5.74) is 8.86. The van der Waals surface area contributed by atoms with Gasteiger partial charge in [-0.25, -0.2) is 15.0 Å². The number of anilines is 5. The molecule has 12 rings (SSSR count). The second kappa shape index (κ2) is 16.2. The highest BCUT2D eigenvalue weighted by Gasteiger charge is 2.47. The quantitative estimate of drug-likeness (QED) is 0.195. The molecular weight excluding hydrogens is 875 g/mol. The van der Waals surface area contributed by atoms with E-state index in [9.17, 15) is 24.0 Å². The van der Waals surface area contributed by atoms with Gasteiger partial charge in [0.25, 0.3) is 17.7 Å². The van der Waals surface area contributed by atoms with Crippen LogP contribution in [0.1, 0.15) is 94.5 Å². The normalized spacial score (nSPS) is 24.1. The lowest BCUT2D eigenvalue weighted by atomic mass is 9.90. The van der Waals surface area contributed by atoms with Crippen LogP contribution in [0.15, 0.2) is 67.1 Å². The van der Waals surface area contributed by atoms with Crippen molar-refractivity contribution in [3.05, 3.63) is 101 Å². The summed E-state index contributed by atoms with van der Waals surface area (Å²) >= 11 is 0. The summed E-state index contributed by atoms with van der Waals surface area (Å²) in [4.78, 5) is 89.7. The fourth-order valence-electron chi connectivity index (χ4n) is 12.2. The van der Waals surface area contributed by atoms with E-state index in [1.54, 1.807) is 24.5 Å². The summed E-state index contributed by atoms with van der Waals surface area (Å²) in [7, 11) is 0. The number of pyridine rings is 3. The van der Waals surface area contributed by atoms with Gasteiger partial charge in [-0.3, -0.25) is 44.0 Å². The Labute approximate surface area is 399 Å². The van der Waals surface area contributed by atoms with Crippen LogP contribution in [0.3, 0.4) is 0 Å². The van der Waals surface area contributed by atoms with Gasteiger partial charge in [0.2, 0.25) is 11.8 Å². The molecule has 10 heterocycles. The zero-order chi connectivity index (χ0) is 47.5. The largest absolute Gasteiger partial charge is 0.489 e. The first-order chi connectivity index (χ1) is 33.3. The van der Waals surface area contributed by atoms with Crippen LogP contribution in [0.4, 0.5) is 28.8 Å². The molecule has 0 radical (unpaired) electrons. The van der Waals surface area contributed by atoms with Crippen molar-refractivity contribution in [1.82, 2.24) is 34.6 Å². The Balaban J connectivity index is 0.669. The van der Waals surface area contributed by atoms with Gasteiger partial charge >= 0.3 is 0 Å². The summed E-state index contributed by atoms with van der Waals surface area (Å²) in [5.74, 6) is 0.546. The first-order valence-electron chi connectivity index (χ1n) is 24.3. The highest BCUT2D eigenvalue weighted by molar-refractivity contribution is 6.24. The molecule has 3 fully saturated rings. The highest BCUT2D eigenvalue weighted by Crippen LogP contribution is 2.44. The molecule has 17 nitrogen and oxygen atoms in total. The Morgan fingerprint density at radius 1 is 0.783 bits per heavy atom. The molecule has 354 valence electrons. The summed E-state index contributed by atoms with van der Waals surface area (Å²) in [6.07, 6.45) is 9.53. The number of piperazine rings is 1. The van der Waals surface area contributed by atoms with Crippen LogP contribution in [0.25, 0.3) is 11.1 Å². The second-order valence-corrected chi connectivity index (χ2v) is 20.6. The average Bonchev–Trinajstić information content (AvgIpc) is 3.92. The number of nitrogens with zero attached hydrogens (tertiary/aromatic N) is 9.